The van der Waals surface area contributed by atoms with Gasteiger partial charge in [-0.05, 0) is 29.4 Å². The Hall–Kier alpha value is -4.94. The van der Waals surface area contributed by atoms with E-state index in [-0.39, 0.29) is 17.3 Å². The number of nitrogens with two attached hydrogens (primary N) is 1. The van der Waals surface area contributed by atoms with E-state index in [9.17, 15) is 4.79 Å². The van der Waals surface area contributed by atoms with Gasteiger partial charge in [-0.3, -0.25) is 4.79 Å². The fourth-order valence-electron chi connectivity index (χ4n) is 3.33. The summed E-state index contributed by atoms with van der Waals surface area (Å²) in [6.07, 6.45) is 1.41. The van der Waals surface area contributed by atoms with E-state index in [0.29, 0.717) is 34.1 Å². The SMILES string of the molecule is COc1ccc(/C=N\NC(=O)c2nnn(-c3nonc3N)c2-c2ccc(C)cc2)c(OC)c1OC. The maximum Gasteiger partial charge on any atom is 0.294 e. The Morgan fingerprint density at radius 1 is 1.06 bits per heavy atom. The zero-order valence-corrected chi connectivity index (χ0v) is 19.3. The normalized spacial score (nSPS) is 11.0. The molecule has 13 heteroatoms. The lowest BCUT2D eigenvalue weighted by Gasteiger charge is -2.13. The van der Waals surface area contributed by atoms with Crippen LogP contribution in [0.15, 0.2) is 46.1 Å². The van der Waals surface area contributed by atoms with Crippen LogP contribution in [-0.2, 0) is 0 Å². The minimum absolute atomic E-state index is 0.00575. The minimum atomic E-state index is -0.613. The summed E-state index contributed by atoms with van der Waals surface area (Å²) in [5, 5.41) is 19.4. The third kappa shape index (κ3) is 4.46. The maximum absolute atomic E-state index is 13.0. The van der Waals surface area contributed by atoms with Crippen LogP contribution in [0.3, 0.4) is 0 Å². The van der Waals surface area contributed by atoms with Gasteiger partial charge in [0, 0.05) is 11.1 Å². The first-order valence-electron chi connectivity index (χ1n) is 10.2. The van der Waals surface area contributed by atoms with Crippen molar-refractivity contribution in [2.75, 3.05) is 27.1 Å². The lowest BCUT2D eigenvalue weighted by atomic mass is 10.1. The minimum Gasteiger partial charge on any atom is -0.493 e. The molecule has 3 N–H and O–H groups in total. The number of benzene rings is 2. The molecule has 35 heavy (non-hydrogen) atoms. The molecule has 180 valence electrons. The average molecular weight is 478 g/mol. The number of methoxy groups -OCH3 is 3. The number of rotatable bonds is 8. The molecule has 2 aromatic carbocycles. The zero-order chi connectivity index (χ0) is 24.9. The maximum atomic E-state index is 13.0. The van der Waals surface area contributed by atoms with E-state index in [1.807, 2.05) is 31.2 Å². The van der Waals surface area contributed by atoms with Crippen molar-refractivity contribution in [1.29, 1.82) is 0 Å². The van der Waals surface area contributed by atoms with Crippen LogP contribution in [0, 0.1) is 6.92 Å². The number of ether oxygens (including phenoxy) is 3. The quantitative estimate of drug-likeness (QED) is 0.282. The van der Waals surface area contributed by atoms with Gasteiger partial charge < -0.3 is 19.9 Å². The highest BCUT2D eigenvalue weighted by Gasteiger charge is 2.25. The number of aryl methyl sites for hydroxylation is 1. The second kappa shape index (κ2) is 9.91. The van der Waals surface area contributed by atoms with E-state index in [1.54, 1.807) is 12.1 Å². The Kier molecular flexibility index (Phi) is 6.57. The van der Waals surface area contributed by atoms with Gasteiger partial charge in [-0.25, -0.2) is 10.1 Å². The second-order valence-corrected chi connectivity index (χ2v) is 7.16. The van der Waals surface area contributed by atoms with Gasteiger partial charge in [0.15, 0.2) is 17.2 Å². The number of aromatic nitrogens is 5. The highest BCUT2D eigenvalue weighted by atomic mass is 16.6. The molecule has 1 amide bonds. The number of amides is 1. The average Bonchev–Trinajstić information content (AvgIpc) is 3.49. The Bertz CT molecular complexity index is 1380. The number of carbonyl (C=O) groups excluding carboxylic acids is 1. The van der Waals surface area contributed by atoms with E-state index in [4.69, 9.17) is 19.9 Å². The fraction of sp³-hybridized carbons (Fsp3) is 0.182. The summed E-state index contributed by atoms with van der Waals surface area (Å²) >= 11 is 0. The number of hydrogen-bond donors (Lipinski definition) is 2. The van der Waals surface area contributed by atoms with E-state index < -0.39 is 5.91 Å². The van der Waals surface area contributed by atoms with E-state index >= 15 is 0 Å². The Morgan fingerprint density at radius 3 is 2.43 bits per heavy atom. The molecule has 0 radical (unpaired) electrons. The molecule has 0 aliphatic rings. The lowest BCUT2D eigenvalue weighted by Crippen LogP contribution is -2.19. The van der Waals surface area contributed by atoms with Crippen LogP contribution in [0.2, 0.25) is 0 Å². The van der Waals surface area contributed by atoms with Gasteiger partial charge >= 0.3 is 0 Å². The van der Waals surface area contributed by atoms with E-state index in [1.165, 1.54) is 32.2 Å². The molecule has 0 saturated heterocycles. The van der Waals surface area contributed by atoms with Crippen LogP contribution < -0.4 is 25.4 Å². The topological polar surface area (TPSA) is 165 Å². The summed E-state index contributed by atoms with van der Waals surface area (Å²) in [6.45, 7) is 1.95. The van der Waals surface area contributed by atoms with Gasteiger partial charge in [0.05, 0.1) is 27.5 Å². The van der Waals surface area contributed by atoms with Crippen LogP contribution >= 0.6 is 0 Å². The van der Waals surface area contributed by atoms with Crippen molar-refractivity contribution in [3.63, 3.8) is 0 Å². The molecule has 0 spiro atoms. The van der Waals surface area contributed by atoms with Gasteiger partial charge in [0.1, 0.15) is 5.69 Å². The van der Waals surface area contributed by atoms with Gasteiger partial charge in [-0.1, -0.05) is 35.0 Å². The summed E-state index contributed by atoms with van der Waals surface area (Å²) in [6, 6.07) is 10.8. The third-order valence-corrected chi connectivity index (χ3v) is 5.01. The van der Waals surface area contributed by atoms with Crippen molar-refractivity contribution in [1.82, 2.24) is 30.7 Å². The number of hydrazone groups is 1. The number of anilines is 1. The number of carbonyl (C=O) groups is 1. The van der Waals surface area contributed by atoms with Crippen LogP contribution in [-0.4, -0.2) is 58.8 Å². The predicted octanol–water partition coefficient (Wildman–Crippen LogP) is 2.00. The number of hydrogen-bond acceptors (Lipinski definition) is 11. The largest absolute Gasteiger partial charge is 0.493 e. The molecule has 13 nitrogen and oxygen atoms in total. The molecule has 0 atom stereocenters. The van der Waals surface area contributed by atoms with E-state index in [2.05, 4.69) is 35.8 Å². The standard InChI is InChI=1S/C22H22N8O5/c1-12-5-7-13(8-6-12)17-16(25-29-30(17)21-20(23)27-35-28-21)22(31)26-24-11-14-9-10-15(32-2)19(34-4)18(14)33-3/h5-11H,1-4H3,(H2,23,27)(H,26,31)/b24-11-. The Labute approximate surface area is 199 Å². The lowest BCUT2D eigenvalue weighted by molar-refractivity contribution is 0.0950. The molecule has 0 fully saturated rings. The number of nitrogens with zero attached hydrogens (tertiary/aromatic N) is 6. The van der Waals surface area contributed by atoms with Crippen molar-refractivity contribution < 1.29 is 23.6 Å². The van der Waals surface area contributed by atoms with Gasteiger partial charge in [0.2, 0.25) is 17.4 Å². The van der Waals surface area contributed by atoms with Gasteiger partial charge in [-0.2, -0.15) is 9.78 Å². The Morgan fingerprint density at radius 2 is 1.80 bits per heavy atom. The molecular formula is C22H22N8O5. The fourth-order valence-corrected chi connectivity index (χ4v) is 3.33. The molecule has 0 unspecified atom stereocenters. The number of nitrogen functional groups attached to an aromatic ring is 1. The summed E-state index contributed by atoms with van der Waals surface area (Å²) in [5.41, 5.74) is 10.9. The van der Waals surface area contributed by atoms with Crippen LogP contribution in [0.4, 0.5) is 5.82 Å². The predicted molar refractivity (Wildman–Crippen MR) is 125 cm³/mol. The Balaban J connectivity index is 1.67. The van der Waals surface area contributed by atoms with Crippen LogP contribution in [0.5, 0.6) is 17.2 Å². The van der Waals surface area contributed by atoms with Crippen molar-refractivity contribution >= 4 is 17.9 Å². The molecule has 4 aromatic rings. The summed E-state index contributed by atoms with van der Waals surface area (Å²) in [7, 11) is 4.51. The zero-order valence-electron chi connectivity index (χ0n) is 19.3. The van der Waals surface area contributed by atoms with Crippen LogP contribution in [0.25, 0.3) is 17.1 Å². The number of nitrogens with one attached hydrogen (secondary N) is 1. The molecule has 0 aliphatic heterocycles. The van der Waals surface area contributed by atoms with Crippen LogP contribution in [0.1, 0.15) is 21.6 Å². The summed E-state index contributed by atoms with van der Waals surface area (Å²) in [5.74, 6) is 0.766. The van der Waals surface area contributed by atoms with Gasteiger partial charge in [-0.15, -0.1) is 5.10 Å². The first-order valence-corrected chi connectivity index (χ1v) is 10.2. The molecule has 0 aliphatic carbocycles. The molecule has 4 rings (SSSR count). The highest BCUT2D eigenvalue weighted by Crippen LogP contribution is 2.39. The third-order valence-electron chi connectivity index (χ3n) is 5.01. The van der Waals surface area contributed by atoms with Crippen molar-refractivity contribution in [2.45, 2.75) is 6.92 Å². The van der Waals surface area contributed by atoms with Crippen molar-refractivity contribution in [2.24, 2.45) is 5.10 Å². The monoisotopic (exact) mass is 478 g/mol. The van der Waals surface area contributed by atoms with Crippen molar-refractivity contribution in [3.05, 3.63) is 53.2 Å². The highest BCUT2D eigenvalue weighted by molar-refractivity contribution is 5.99. The first kappa shape index (κ1) is 23.2. The van der Waals surface area contributed by atoms with E-state index in [0.717, 1.165) is 5.56 Å². The summed E-state index contributed by atoms with van der Waals surface area (Å²) < 4.78 is 22.0. The van der Waals surface area contributed by atoms with Gasteiger partial charge in [0.25, 0.3) is 5.91 Å². The second-order valence-electron chi connectivity index (χ2n) is 7.16. The van der Waals surface area contributed by atoms with Crippen molar-refractivity contribution in [3.8, 4) is 34.3 Å². The molecular weight excluding hydrogens is 456 g/mol. The smallest absolute Gasteiger partial charge is 0.294 e. The first-order chi connectivity index (χ1) is 17.0. The molecule has 2 heterocycles. The molecule has 0 saturated carbocycles. The molecule has 0 bridgehead atoms. The summed E-state index contributed by atoms with van der Waals surface area (Å²) in [4.78, 5) is 13.0. The molecule has 2 aromatic heterocycles.